The van der Waals surface area contributed by atoms with Crippen molar-refractivity contribution in [3.63, 3.8) is 0 Å². The molecule has 0 atom stereocenters. The molecule has 160 valence electrons. The lowest BCUT2D eigenvalue weighted by Gasteiger charge is -2.10. The molecule has 8 nitrogen and oxygen atoms in total. The van der Waals surface area contributed by atoms with E-state index in [1.807, 2.05) is 65.2 Å². The Kier molecular flexibility index (Phi) is 6.48. The van der Waals surface area contributed by atoms with Crippen molar-refractivity contribution in [1.29, 1.82) is 0 Å². The fourth-order valence-electron chi connectivity index (χ4n) is 2.98. The zero-order chi connectivity index (χ0) is 22.5. The summed E-state index contributed by atoms with van der Waals surface area (Å²) in [6.45, 7) is 0. The maximum absolute atomic E-state index is 12.5. The van der Waals surface area contributed by atoms with Gasteiger partial charge in [0.25, 0.3) is 5.69 Å². The molecule has 0 radical (unpaired) electrons. The van der Waals surface area contributed by atoms with Crippen molar-refractivity contribution in [2.45, 2.75) is 5.16 Å². The van der Waals surface area contributed by atoms with E-state index in [2.05, 4.69) is 15.5 Å². The maximum Gasteiger partial charge on any atom is 0.271 e. The van der Waals surface area contributed by atoms with Crippen LogP contribution in [0.5, 0.6) is 0 Å². The molecule has 4 rings (SSSR count). The molecule has 0 unspecified atom stereocenters. The molecule has 0 saturated carbocycles. The summed E-state index contributed by atoms with van der Waals surface area (Å²) >= 11 is 7.28. The molecule has 0 aliphatic carbocycles. The van der Waals surface area contributed by atoms with Gasteiger partial charge in [-0.05, 0) is 18.2 Å². The SMILES string of the molecule is O=C(CSc1nnc(-c2ccccc2)n1-c1ccccc1)Nc1ccc([N+](=O)[O-])cc1Cl. The first-order chi connectivity index (χ1) is 15.5. The smallest absolute Gasteiger partial charge is 0.271 e. The summed E-state index contributed by atoms with van der Waals surface area (Å²) in [5.41, 5.74) is 1.93. The highest BCUT2D eigenvalue weighted by Gasteiger charge is 2.18. The largest absolute Gasteiger partial charge is 0.324 e. The lowest BCUT2D eigenvalue weighted by Crippen LogP contribution is -2.15. The van der Waals surface area contributed by atoms with Crippen LogP contribution in [0, 0.1) is 10.1 Å². The van der Waals surface area contributed by atoms with Gasteiger partial charge in [0.15, 0.2) is 11.0 Å². The van der Waals surface area contributed by atoms with Crippen LogP contribution in [0.2, 0.25) is 5.02 Å². The molecule has 1 amide bonds. The lowest BCUT2D eigenvalue weighted by atomic mass is 10.2. The number of amides is 1. The van der Waals surface area contributed by atoms with Crippen molar-refractivity contribution in [2.24, 2.45) is 0 Å². The van der Waals surface area contributed by atoms with Crippen LogP contribution < -0.4 is 5.32 Å². The second-order valence-electron chi connectivity index (χ2n) is 6.60. The number of hydrogen-bond acceptors (Lipinski definition) is 6. The van der Waals surface area contributed by atoms with E-state index in [4.69, 9.17) is 11.6 Å². The molecule has 0 aliphatic heterocycles. The quantitative estimate of drug-likeness (QED) is 0.228. The van der Waals surface area contributed by atoms with Gasteiger partial charge in [0.1, 0.15) is 0 Å². The Morgan fingerprint density at radius 2 is 1.72 bits per heavy atom. The van der Waals surface area contributed by atoms with E-state index in [0.717, 1.165) is 11.3 Å². The molecule has 3 aromatic carbocycles. The van der Waals surface area contributed by atoms with Crippen LogP contribution in [0.3, 0.4) is 0 Å². The van der Waals surface area contributed by atoms with Crippen LogP contribution in [0.15, 0.2) is 84.0 Å². The van der Waals surface area contributed by atoms with Gasteiger partial charge < -0.3 is 5.32 Å². The fraction of sp³-hybridized carbons (Fsp3) is 0.0455. The Labute approximate surface area is 192 Å². The normalized spacial score (nSPS) is 10.7. The first-order valence-electron chi connectivity index (χ1n) is 9.46. The molecule has 1 aromatic heterocycles. The second kappa shape index (κ2) is 9.63. The number of nitrogens with zero attached hydrogens (tertiary/aromatic N) is 4. The number of benzene rings is 3. The number of rotatable bonds is 7. The van der Waals surface area contributed by atoms with Gasteiger partial charge in [-0.1, -0.05) is 71.9 Å². The van der Waals surface area contributed by atoms with Crippen molar-refractivity contribution >= 4 is 40.6 Å². The summed E-state index contributed by atoms with van der Waals surface area (Å²) in [6, 6.07) is 23.2. The summed E-state index contributed by atoms with van der Waals surface area (Å²) < 4.78 is 1.89. The van der Waals surface area contributed by atoms with Crippen LogP contribution in [0.4, 0.5) is 11.4 Å². The number of nitrogens with one attached hydrogen (secondary N) is 1. The first-order valence-corrected chi connectivity index (χ1v) is 10.8. The van der Waals surface area contributed by atoms with Gasteiger partial charge in [0.05, 0.1) is 21.4 Å². The van der Waals surface area contributed by atoms with Crippen LogP contribution >= 0.6 is 23.4 Å². The van der Waals surface area contributed by atoms with Gasteiger partial charge in [0, 0.05) is 23.4 Å². The zero-order valence-electron chi connectivity index (χ0n) is 16.5. The number of thioether (sulfide) groups is 1. The van der Waals surface area contributed by atoms with Gasteiger partial charge in [-0.2, -0.15) is 0 Å². The lowest BCUT2D eigenvalue weighted by molar-refractivity contribution is -0.384. The predicted molar refractivity (Wildman–Crippen MR) is 124 cm³/mol. The maximum atomic E-state index is 12.5. The second-order valence-corrected chi connectivity index (χ2v) is 7.95. The van der Waals surface area contributed by atoms with Crippen LogP contribution in [0.25, 0.3) is 17.1 Å². The van der Waals surface area contributed by atoms with E-state index >= 15 is 0 Å². The summed E-state index contributed by atoms with van der Waals surface area (Å²) in [4.78, 5) is 22.8. The van der Waals surface area contributed by atoms with E-state index in [0.29, 0.717) is 16.7 Å². The third-order valence-corrected chi connectivity index (χ3v) is 5.69. The number of carbonyl (C=O) groups is 1. The number of nitro benzene ring substituents is 1. The van der Waals surface area contributed by atoms with E-state index in [1.165, 1.54) is 30.0 Å². The monoisotopic (exact) mass is 465 g/mol. The van der Waals surface area contributed by atoms with Gasteiger partial charge in [0.2, 0.25) is 5.91 Å². The first kappa shape index (κ1) is 21.5. The highest BCUT2D eigenvalue weighted by molar-refractivity contribution is 7.99. The number of carbonyl (C=O) groups excluding carboxylic acids is 1. The number of hydrogen-bond donors (Lipinski definition) is 1. The number of anilines is 1. The highest BCUT2D eigenvalue weighted by atomic mass is 35.5. The summed E-state index contributed by atoms with van der Waals surface area (Å²) in [5.74, 6) is 0.389. The van der Waals surface area contributed by atoms with Crippen LogP contribution in [0.1, 0.15) is 0 Å². The Bertz CT molecular complexity index is 1270. The summed E-state index contributed by atoms with van der Waals surface area (Å²) in [5, 5.41) is 22.8. The highest BCUT2D eigenvalue weighted by Crippen LogP contribution is 2.29. The number of halogens is 1. The Morgan fingerprint density at radius 3 is 2.38 bits per heavy atom. The van der Waals surface area contributed by atoms with E-state index in [1.54, 1.807) is 0 Å². The molecular formula is C22H16ClN5O3S. The van der Waals surface area contributed by atoms with Gasteiger partial charge in [-0.3, -0.25) is 19.5 Å². The number of non-ortho nitro benzene ring substituents is 1. The Hall–Kier alpha value is -3.69. The van der Waals surface area contributed by atoms with Gasteiger partial charge in [-0.25, -0.2) is 0 Å². The molecule has 0 fully saturated rings. The molecule has 1 N–H and O–H groups in total. The standard InChI is InChI=1S/C22H16ClN5O3S/c23-18-13-17(28(30)31)11-12-19(18)24-20(29)14-32-22-26-25-21(15-7-3-1-4-8-15)27(22)16-9-5-2-6-10-16/h1-13H,14H2,(H,24,29). The van der Waals surface area contributed by atoms with Crippen molar-refractivity contribution in [1.82, 2.24) is 14.8 Å². The van der Waals surface area contributed by atoms with E-state index in [9.17, 15) is 14.9 Å². The van der Waals surface area contributed by atoms with Crippen molar-refractivity contribution in [3.05, 3.63) is 94.0 Å². The number of para-hydroxylation sites is 1. The number of aromatic nitrogens is 3. The molecule has 10 heteroatoms. The van der Waals surface area contributed by atoms with Gasteiger partial charge >= 0.3 is 0 Å². The van der Waals surface area contributed by atoms with E-state index in [-0.39, 0.29) is 22.4 Å². The van der Waals surface area contributed by atoms with Crippen molar-refractivity contribution < 1.29 is 9.72 Å². The minimum Gasteiger partial charge on any atom is -0.324 e. The molecule has 0 spiro atoms. The Morgan fingerprint density at radius 1 is 1.03 bits per heavy atom. The molecule has 4 aromatic rings. The third-order valence-electron chi connectivity index (χ3n) is 4.45. The zero-order valence-corrected chi connectivity index (χ0v) is 18.1. The third kappa shape index (κ3) is 4.79. The van der Waals surface area contributed by atoms with Crippen molar-refractivity contribution in [2.75, 3.05) is 11.1 Å². The summed E-state index contributed by atoms with van der Waals surface area (Å²) in [6.07, 6.45) is 0. The molecule has 32 heavy (non-hydrogen) atoms. The topological polar surface area (TPSA) is 103 Å². The fourth-order valence-corrected chi connectivity index (χ4v) is 3.96. The number of nitro groups is 1. The minimum absolute atomic E-state index is 0.0487. The van der Waals surface area contributed by atoms with E-state index < -0.39 is 4.92 Å². The van der Waals surface area contributed by atoms with Crippen LogP contribution in [-0.4, -0.2) is 31.3 Å². The molecular weight excluding hydrogens is 450 g/mol. The summed E-state index contributed by atoms with van der Waals surface area (Å²) in [7, 11) is 0. The molecule has 0 bridgehead atoms. The predicted octanol–water partition coefficient (Wildman–Crippen LogP) is 5.23. The average molecular weight is 466 g/mol. The average Bonchev–Trinajstić information content (AvgIpc) is 3.24. The molecule has 0 aliphatic rings. The van der Waals surface area contributed by atoms with Crippen LogP contribution in [-0.2, 0) is 4.79 Å². The Balaban J connectivity index is 1.54. The van der Waals surface area contributed by atoms with Crippen molar-refractivity contribution in [3.8, 4) is 17.1 Å². The minimum atomic E-state index is -0.548. The van der Waals surface area contributed by atoms with Gasteiger partial charge in [-0.15, -0.1) is 10.2 Å². The molecule has 1 heterocycles. The molecule has 0 saturated heterocycles.